The van der Waals surface area contributed by atoms with Gasteiger partial charge in [-0.3, -0.25) is 0 Å². The molecule has 0 bridgehead atoms. The second kappa shape index (κ2) is 8.12. The number of fused-ring (bicyclic) bond motifs is 1. The first-order chi connectivity index (χ1) is 14.8. The van der Waals surface area contributed by atoms with Crippen LogP contribution in [0.1, 0.15) is 18.4 Å². The third-order valence-electron chi connectivity index (χ3n) is 5.26. The van der Waals surface area contributed by atoms with E-state index in [4.69, 9.17) is 14.7 Å². The molecule has 0 radical (unpaired) electrons. The molecule has 0 aliphatic carbocycles. The molecule has 1 fully saturated rings. The molecule has 30 heavy (non-hydrogen) atoms. The van der Waals surface area contributed by atoms with Crippen LogP contribution in [0.25, 0.3) is 16.7 Å². The van der Waals surface area contributed by atoms with Crippen molar-refractivity contribution >= 4 is 28.5 Å². The first kappa shape index (κ1) is 18.6. The first-order valence-electron chi connectivity index (χ1n) is 10.3. The van der Waals surface area contributed by atoms with Gasteiger partial charge in [-0.15, -0.1) is 0 Å². The van der Waals surface area contributed by atoms with Gasteiger partial charge in [-0.1, -0.05) is 35.9 Å². The van der Waals surface area contributed by atoms with Crippen LogP contribution in [0.2, 0.25) is 0 Å². The first-order valence-corrected chi connectivity index (χ1v) is 10.3. The zero-order valence-electron chi connectivity index (χ0n) is 16.9. The zero-order valence-corrected chi connectivity index (χ0v) is 16.9. The third-order valence-corrected chi connectivity index (χ3v) is 5.26. The number of nitrogens with one attached hydrogen (secondary N) is 2. The molecule has 2 aromatic carbocycles. The molecule has 1 aliphatic heterocycles. The topological polar surface area (TPSA) is 76.9 Å². The molecule has 4 aromatic rings. The second-order valence-corrected chi connectivity index (χ2v) is 7.53. The fourth-order valence-corrected chi connectivity index (χ4v) is 3.62. The lowest BCUT2D eigenvalue weighted by Gasteiger charge is -2.13. The summed E-state index contributed by atoms with van der Waals surface area (Å²) in [5, 5.41) is 12.2. The van der Waals surface area contributed by atoms with Crippen molar-refractivity contribution in [2.45, 2.75) is 25.9 Å². The number of ether oxygens (including phenoxy) is 1. The van der Waals surface area contributed by atoms with Crippen LogP contribution in [-0.2, 0) is 4.74 Å². The zero-order chi connectivity index (χ0) is 20.3. The minimum atomic E-state index is 0.205. The molecule has 1 saturated heterocycles. The van der Waals surface area contributed by atoms with Gasteiger partial charge in [0.2, 0.25) is 5.95 Å². The van der Waals surface area contributed by atoms with Crippen LogP contribution in [0.15, 0.2) is 60.8 Å². The molecule has 0 unspecified atom stereocenters. The maximum Gasteiger partial charge on any atom is 0.226 e. The maximum atomic E-state index is 5.73. The number of benzene rings is 2. The van der Waals surface area contributed by atoms with Crippen molar-refractivity contribution in [1.29, 1.82) is 0 Å². The Morgan fingerprint density at radius 3 is 2.67 bits per heavy atom. The summed E-state index contributed by atoms with van der Waals surface area (Å²) < 4.78 is 7.57. The van der Waals surface area contributed by atoms with Crippen LogP contribution in [-0.4, -0.2) is 39.0 Å². The molecule has 0 spiro atoms. The van der Waals surface area contributed by atoms with Crippen LogP contribution in [0.5, 0.6) is 0 Å². The Hall–Kier alpha value is -3.45. The van der Waals surface area contributed by atoms with E-state index in [1.165, 1.54) is 5.56 Å². The summed E-state index contributed by atoms with van der Waals surface area (Å²) in [5.41, 5.74) is 3.89. The Labute approximate surface area is 175 Å². The van der Waals surface area contributed by atoms with Crippen LogP contribution in [0.4, 0.5) is 17.5 Å². The minimum Gasteiger partial charge on any atom is -0.376 e. The van der Waals surface area contributed by atoms with Gasteiger partial charge >= 0.3 is 0 Å². The van der Waals surface area contributed by atoms with Gasteiger partial charge in [0.1, 0.15) is 5.82 Å². The Kier molecular flexibility index (Phi) is 5.03. The van der Waals surface area contributed by atoms with E-state index in [-0.39, 0.29) is 6.10 Å². The summed E-state index contributed by atoms with van der Waals surface area (Å²) in [7, 11) is 0. The van der Waals surface area contributed by atoms with Crippen molar-refractivity contribution in [1.82, 2.24) is 19.7 Å². The molecule has 1 aliphatic rings. The lowest BCUT2D eigenvalue weighted by Crippen LogP contribution is -2.20. The van der Waals surface area contributed by atoms with E-state index in [1.807, 2.05) is 53.3 Å². The standard InChI is InChI=1S/C23H24N6O/c1-16-9-11-17(12-10-16)26-21-20-15-25-29(18-6-3-2-4-7-18)22(20)28-23(27-21)24-14-19-8-5-13-30-19/h2-4,6-7,9-12,15,19H,5,8,13-14H2,1H3,(H2,24,26,27,28)/t19-/m1/s1. The van der Waals surface area contributed by atoms with E-state index in [0.29, 0.717) is 12.5 Å². The van der Waals surface area contributed by atoms with Gasteiger partial charge < -0.3 is 15.4 Å². The van der Waals surface area contributed by atoms with E-state index in [1.54, 1.807) is 0 Å². The molecule has 152 valence electrons. The highest BCUT2D eigenvalue weighted by molar-refractivity contribution is 5.90. The van der Waals surface area contributed by atoms with Crippen molar-refractivity contribution in [2.24, 2.45) is 0 Å². The molecular weight excluding hydrogens is 376 g/mol. The fraction of sp³-hybridized carbons (Fsp3) is 0.261. The number of aryl methyl sites for hydroxylation is 1. The van der Waals surface area contributed by atoms with Gasteiger partial charge in [-0.05, 0) is 44.0 Å². The smallest absolute Gasteiger partial charge is 0.226 e. The average molecular weight is 400 g/mol. The van der Waals surface area contributed by atoms with Crippen LogP contribution >= 0.6 is 0 Å². The second-order valence-electron chi connectivity index (χ2n) is 7.53. The number of rotatable bonds is 6. The summed E-state index contributed by atoms with van der Waals surface area (Å²) in [6.07, 6.45) is 4.18. The van der Waals surface area contributed by atoms with Gasteiger partial charge in [0.05, 0.1) is 23.4 Å². The predicted molar refractivity (Wildman–Crippen MR) is 119 cm³/mol. The lowest BCUT2D eigenvalue weighted by atomic mass is 10.2. The fourth-order valence-electron chi connectivity index (χ4n) is 3.62. The summed E-state index contributed by atoms with van der Waals surface area (Å²) in [4.78, 5) is 9.52. The number of hydrogen-bond acceptors (Lipinski definition) is 6. The molecule has 2 aromatic heterocycles. The van der Waals surface area contributed by atoms with Crippen molar-refractivity contribution < 1.29 is 4.74 Å². The molecule has 3 heterocycles. The number of anilines is 3. The lowest BCUT2D eigenvalue weighted by molar-refractivity contribution is 0.120. The Morgan fingerprint density at radius 2 is 1.90 bits per heavy atom. The number of nitrogens with zero attached hydrogens (tertiary/aromatic N) is 4. The van der Waals surface area contributed by atoms with Crippen molar-refractivity contribution in [3.63, 3.8) is 0 Å². The van der Waals surface area contributed by atoms with Crippen LogP contribution in [0.3, 0.4) is 0 Å². The highest BCUT2D eigenvalue weighted by Crippen LogP contribution is 2.27. The van der Waals surface area contributed by atoms with Gasteiger partial charge in [0.25, 0.3) is 0 Å². The largest absolute Gasteiger partial charge is 0.376 e. The molecule has 1 atom stereocenters. The Balaban J connectivity index is 1.54. The molecule has 0 amide bonds. The van der Waals surface area contributed by atoms with Gasteiger partial charge in [-0.25, -0.2) is 4.68 Å². The van der Waals surface area contributed by atoms with Crippen LogP contribution < -0.4 is 10.6 Å². The molecular formula is C23H24N6O. The number of para-hydroxylation sites is 1. The summed E-state index contributed by atoms with van der Waals surface area (Å²) >= 11 is 0. The number of aromatic nitrogens is 4. The summed E-state index contributed by atoms with van der Waals surface area (Å²) in [6.45, 7) is 3.59. The molecule has 5 rings (SSSR count). The van der Waals surface area contributed by atoms with E-state index in [2.05, 4.69) is 34.8 Å². The average Bonchev–Trinajstić information content (AvgIpc) is 3.44. The quantitative estimate of drug-likeness (QED) is 0.498. The van der Waals surface area contributed by atoms with E-state index in [0.717, 1.165) is 47.7 Å². The van der Waals surface area contributed by atoms with E-state index >= 15 is 0 Å². The van der Waals surface area contributed by atoms with Crippen molar-refractivity contribution in [3.05, 3.63) is 66.4 Å². The molecule has 2 N–H and O–H groups in total. The Morgan fingerprint density at radius 1 is 1.07 bits per heavy atom. The van der Waals surface area contributed by atoms with Gasteiger partial charge in [-0.2, -0.15) is 15.1 Å². The van der Waals surface area contributed by atoms with E-state index in [9.17, 15) is 0 Å². The molecule has 0 saturated carbocycles. The number of hydrogen-bond donors (Lipinski definition) is 2. The Bertz CT molecular complexity index is 1130. The van der Waals surface area contributed by atoms with Crippen LogP contribution in [0, 0.1) is 6.92 Å². The van der Waals surface area contributed by atoms with Crippen molar-refractivity contribution in [2.75, 3.05) is 23.8 Å². The summed E-state index contributed by atoms with van der Waals surface area (Å²) in [5.74, 6) is 1.28. The predicted octanol–water partition coefficient (Wildman–Crippen LogP) is 4.46. The minimum absolute atomic E-state index is 0.205. The van der Waals surface area contributed by atoms with E-state index < -0.39 is 0 Å². The monoisotopic (exact) mass is 400 g/mol. The van der Waals surface area contributed by atoms with Crippen molar-refractivity contribution in [3.8, 4) is 5.69 Å². The molecule has 7 heteroatoms. The van der Waals surface area contributed by atoms with Gasteiger partial charge in [0.15, 0.2) is 5.65 Å². The summed E-state index contributed by atoms with van der Waals surface area (Å²) in [6, 6.07) is 18.2. The highest BCUT2D eigenvalue weighted by Gasteiger charge is 2.18. The van der Waals surface area contributed by atoms with Gasteiger partial charge in [0, 0.05) is 18.8 Å². The normalized spacial score (nSPS) is 16.1. The highest BCUT2D eigenvalue weighted by atomic mass is 16.5. The molecule has 7 nitrogen and oxygen atoms in total. The third kappa shape index (κ3) is 3.84. The SMILES string of the molecule is Cc1ccc(Nc2nc(NC[C@H]3CCCO3)nc3c2cnn3-c2ccccc2)cc1. The maximum absolute atomic E-state index is 5.73.